The summed E-state index contributed by atoms with van der Waals surface area (Å²) in [4.78, 5) is 50.8. The SMILES string of the molecule is CCCCCCCCCC(C(=O)O)C(=O)N(NC(=O)c1ccccc1)C(=O)c1ccccc1. The molecule has 0 aliphatic heterocycles. The van der Waals surface area contributed by atoms with E-state index in [0.717, 1.165) is 32.1 Å². The van der Waals surface area contributed by atoms with Crippen molar-refractivity contribution in [1.82, 2.24) is 10.4 Å². The molecule has 0 saturated heterocycles. The Morgan fingerprint density at radius 3 is 1.85 bits per heavy atom. The number of carbonyl (C=O) groups excluding carboxylic acids is 3. The van der Waals surface area contributed by atoms with Gasteiger partial charge >= 0.3 is 5.97 Å². The van der Waals surface area contributed by atoms with Crippen molar-refractivity contribution < 1.29 is 24.3 Å². The third-order valence-electron chi connectivity index (χ3n) is 5.39. The molecule has 7 nitrogen and oxygen atoms in total. The van der Waals surface area contributed by atoms with Crippen LogP contribution in [0.4, 0.5) is 0 Å². The highest BCUT2D eigenvalue weighted by molar-refractivity contribution is 6.11. The smallest absolute Gasteiger partial charge is 0.316 e. The number of amides is 3. The van der Waals surface area contributed by atoms with Crippen LogP contribution in [0.15, 0.2) is 60.7 Å². The summed E-state index contributed by atoms with van der Waals surface area (Å²) in [5.41, 5.74) is 2.73. The Kier molecular flexibility index (Phi) is 10.8. The number of nitrogens with zero attached hydrogens (tertiary/aromatic N) is 1. The highest BCUT2D eigenvalue weighted by atomic mass is 16.4. The van der Waals surface area contributed by atoms with Gasteiger partial charge in [-0.05, 0) is 30.7 Å². The van der Waals surface area contributed by atoms with Gasteiger partial charge in [0.25, 0.3) is 17.7 Å². The molecule has 0 bridgehead atoms. The molecule has 0 aromatic heterocycles. The Bertz CT molecular complexity index is 915. The minimum atomic E-state index is -1.43. The molecular formula is C26H32N2O5. The van der Waals surface area contributed by atoms with Crippen LogP contribution in [-0.4, -0.2) is 33.8 Å². The van der Waals surface area contributed by atoms with Crippen LogP contribution in [0, 0.1) is 5.92 Å². The van der Waals surface area contributed by atoms with Gasteiger partial charge in [-0.1, -0.05) is 88.3 Å². The van der Waals surface area contributed by atoms with E-state index in [4.69, 9.17) is 0 Å². The summed E-state index contributed by atoms with van der Waals surface area (Å²) in [6.07, 6.45) is 6.97. The van der Waals surface area contributed by atoms with Crippen LogP contribution in [0.5, 0.6) is 0 Å². The Balaban J connectivity index is 2.14. The van der Waals surface area contributed by atoms with E-state index in [9.17, 15) is 24.3 Å². The van der Waals surface area contributed by atoms with Gasteiger partial charge in [0.2, 0.25) is 0 Å². The lowest BCUT2D eigenvalue weighted by Gasteiger charge is -2.24. The first kappa shape index (κ1) is 25.8. The molecule has 0 aliphatic rings. The molecular weight excluding hydrogens is 420 g/mol. The van der Waals surface area contributed by atoms with Crippen LogP contribution >= 0.6 is 0 Å². The van der Waals surface area contributed by atoms with Crippen LogP contribution in [-0.2, 0) is 9.59 Å². The fourth-order valence-corrected chi connectivity index (χ4v) is 3.49. The number of carboxylic acids is 1. The summed E-state index contributed by atoms with van der Waals surface area (Å²) in [6.45, 7) is 2.14. The molecule has 176 valence electrons. The zero-order valence-corrected chi connectivity index (χ0v) is 19.0. The number of aliphatic carboxylic acids is 1. The van der Waals surface area contributed by atoms with Gasteiger partial charge in [-0.3, -0.25) is 24.6 Å². The number of benzene rings is 2. The molecule has 0 saturated carbocycles. The fourth-order valence-electron chi connectivity index (χ4n) is 3.49. The maximum Gasteiger partial charge on any atom is 0.316 e. The number of imide groups is 1. The lowest BCUT2D eigenvalue weighted by Crippen LogP contribution is -2.53. The third-order valence-corrected chi connectivity index (χ3v) is 5.39. The molecule has 1 unspecified atom stereocenters. The average molecular weight is 453 g/mol. The summed E-state index contributed by atoms with van der Waals surface area (Å²) in [6, 6.07) is 16.1. The zero-order valence-electron chi connectivity index (χ0n) is 19.0. The van der Waals surface area contributed by atoms with Gasteiger partial charge in [-0.25, -0.2) is 0 Å². The number of carboxylic acid groups (broad SMARTS) is 1. The second kappa shape index (κ2) is 13.8. The van der Waals surface area contributed by atoms with Crippen molar-refractivity contribution in [3.63, 3.8) is 0 Å². The van der Waals surface area contributed by atoms with Gasteiger partial charge in [0.1, 0.15) is 5.92 Å². The van der Waals surface area contributed by atoms with E-state index in [1.165, 1.54) is 30.7 Å². The highest BCUT2D eigenvalue weighted by Crippen LogP contribution is 2.17. The van der Waals surface area contributed by atoms with Gasteiger partial charge in [-0.2, -0.15) is 5.01 Å². The molecule has 0 aliphatic carbocycles. The van der Waals surface area contributed by atoms with Crippen molar-refractivity contribution in [1.29, 1.82) is 0 Å². The standard InChI is InChI=1S/C26H32N2O5/c1-2-3-4-5-6-7-14-19-22(26(32)33)25(31)28(24(30)21-17-12-9-13-18-21)27-23(29)20-15-10-8-11-16-20/h8-13,15-18,22H,2-7,14,19H2,1H3,(H,27,29)(H,32,33). The molecule has 1 atom stereocenters. The quantitative estimate of drug-likeness (QED) is 0.272. The molecule has 33 heavy (non-hydrogen) atoms. The number of hydrazine groups is 1. The fraction of sp³-hybridized carbons (Fsp3) is 0.385. The maximum absolute atomic E-state index is 13.2. The number of hydrogen-bond donors (Lipinski definition) is 2. The van der Waals surface area contributed by atoms with Gasteiger partial charge in [0, 0.05) is 11.1 Å². The van der Waals surface area contributed by atoms with E-state index < -0.39 is 29.6 Å². The Labute approximate surface area is 194 Å². The number of hydrogen-bond acceptors (Lipinski definition) is 4. The van der Waals surface area contributed by atoms with Gasteiger partial charge in [0.05, 0.1) is 0 Å². The minimum Gasteiger partial charge on any atom is -0.481 e. The van der Waals surface area contributed by atoms with Crippen molar-refractivity contribution in [3.05, 3.63) is 71.8 Å². The van der Waals surface area contributed by atoms with Crippen LogP contribution < -0.4 is 5.43 Å². The lowest BCUT2D eigenvalue weighted by atomic mass is 9.98. The van der Waals surface area contributed by atoms with Crippen LogP contribution in [0.2, 0.25) is 0 Å². The Hall–Kier alpha value is -3.48. The maximum atomic E-state index is 13.2. The van der Waals surface area contributed by atoms with Crippen LogP contribution in [0.25, 0.3) is 0 Å². The minimum absolute atomic E-state index is 0.0989. The van der Waals surface area contributed by atoms with Crippen molar-refractivity contribution in [2.75, 3.05) is 0 Å². The monoisotopic (exact) mass is 452 g/mol. The van der Waals surface area contributed by atoms with E-state index in [0.29, 0.717) is 11.4 Å². The highest BCUT2D eigenvalue weighted by Gasteiger charge is 2.35. The van der Waals surface area contributed by atoms with E-state index in [2.05, 4.69) is 12.3 Å². The van der Waals surface area contributed by atoms with Crippen LogP contribution in [0.1, 0.15) is 79.0 Å². The molecule has 2 aromatic rings. The molecule has 3 amide bonds. The molecule has 2 rings (SSSR count). The first-order valence-electron chi connectivity index (χ1n) is 11.5. The Morgan fingerprint density at radius 2 is 1.30 bits per heavy atom. The summed E-state index contributed by atoms with van der Waals surface area (Å²) in [5.74, 6) is -5.15. The normalized spacial score (nSPS) is 11.4. The summed E-state index contributed by atoms with van der Waals surface area (Å²) in [7, 11) is 0. The Morgan fingerprint density at radius 1 is 0.788 bits per heavy atom. The number of nitrogens with one attached hydrogen (secondary N) is 1. The topological polar surface area (TPSA) is 104 Å². The van der Waals surface area contributed by atoms with E-state index in [1.54, 1.807) is 36.4 Å². The molecule has 0 heterocycles. The predicted octanol–water partition coefficient (Wildman–Crippen LogP) is 4.84. The second-order valence-corrected chi connectivity index (χ2v) is 7.95. The van der Waals surface area contributed by atoms with Crippen molar-refractivity contribution in [2.45, 2.75) is 58.3 Å². The number of carbonyl (C=O) groups is 4. The summed E-state index contributed by atoms with van der Waals surface area (Å²) < 4.78 is 0. The van der Waals surface area contributed by atoms with E-state index >= 15 is 0 Å². The molecule has 7 heteroatoms. The summed E-state index contributed by atoms with van der Waals surface area (Å²) in [5, 5.41) is 10.2. The van der Waals surface area contributed by atoms with Gasteiger partial charge in [-0.15, -0.1) is 0 Å². The molecule has 2 aromatic carbocycles. The second-order valence-electron chi connectivity index (χ2n) is 7.95. The van der Waals surface area contributed by atoms with E-state index in [-0.39, 0.29) is 17.5 Å². The van der Waals surface area contributed by atoms with Crippen molar-refractivity contribution in [3.8, 4) is 0 Å². The molecule has 0 fully saturated rings. The van der Waals surface area contributed by atoms with Crippen LogP contribution in [0.3, 0.4) is 0 Å². The summed E-state index contributed by atoms with van der Waals surface area (Å²) >= 11 is 0. The zero-order chi connectivity index (χ0) is 24.1. The average Bonchev–Trinajstić information content (AvgIpc) is 2.84. The van der Waals surface area contributed by atoms with E-state index in [1.807, 2.05) is 0 Å². The van der Waals surface area contributed by atoms with Crippen molar-refractivity contribution in [2.24, 2.45) is 5.92 Å². The molecule has 2 N–H and O–H groups in total. The first-order chi connectivity index (χ1) is 16.0. The largest absolute Gasteiger partial charge is 0.481 e. The third kappa shape index (κ3) is 8.18. The molecule has 0 spiro atoms. The van der Waals surface area contributed by atoms with Crippen molar-refractivity contribution >= 4 is 23.7 Å². The first-order valence-corrected chi connectivity index (χ1v) is 11.5. The lowest BCUT2D eigenvalue weighted by molar-refractivity contribution is -0.151. The molecule has 0 radical (unpaired) electrons. The predicted molar refractivity (Wildman–Crippen MR) is 125 cm³/mol. The number of unbranched alkanes of at least 4 members (excludes halogenated alkanes) is 6. The number of rotatable bonds is 12. The van der Waals surface area contributed by atoms with Gasteiger partial charge < -0.3 is 5.11 Å². The van der Waals surface area contributed by atoms with Gasteiger partial charge in [0.15, 0.2) is 0 Å².